The van der Waals surface area contributed by atoms with Crippen molar-refractivity contribution in [2.75, 3.05) is 13.2 Å². The molecule has 0 saturated heterocycles. The smallest absolute Gasteiger partial charge is 0.313 e. The minimum atomic E-state index is -0.688. The third-order valence-corrected chi connectivity index (χ3v) is 2.95. The Morgan fingerprint density at radius 2 is 2.29 bits per heavy atom. The van der Waals surface area contributed by atoms with Crippen molar-refractivity contribution in [3.8, 4) is 0 Å². The van der Waals surface area contributed by atoms with Gasteiger partial charge in [-0.1, -0.05) is 12.1 Å². The van der Waals surface area contributed by atoms with Gasteiger partial charge in [-0.2, -0.15) is 0 Å². The molecule has 6 nitrogen and oxygen atoms in total. The molecule has 0 aromatic carbocycles. The van der Waals surface area contributed by atoms with E-state index in [0.717, 1.165) is 5.69 Å². The van der Waals surface area contributed by atoms with Crippen molar-refractivity contribution >= 4 is 5.97 Å². The van der Waals surface area contributed by atoms with E-state index in [9.17, 15) is 4.79 Å². The van der Waals surface area contributed by atoms with Gasteiger partial charge in [0, 0.05) is 26.2 Å². The monoisotopic (exact) mass is 240 g/mol. The topological polar surface area (TPSA) is 83.0 Å². The molecular weight excluding hydrogens is 220 g/mol. The molecule has 0 aliphatic carbocycles. The molecule has 0 spiro atoms. The first-order valence-electron chi connectivity index (χ1n) is 5.80. The summed E-state index contributed by atoms with van der Waals surface area (Å²) in [5.74, 6) is -0.254. The van der Waals surface area contributed by atoms with Crippen molar-refractivity contribution in [2.24, 2.45) is 18.2 Å². The Balaban J connectivity index is 2.87. The van der Waals surface area contributed by atoms with Gasteiger partial charge in [0.15, 0.2) is 0 Å². The number of ether oxygens (including phenoxy) is 1. The zero-order chi connectivity index (χ0) is 12.9. The normalized spacial score (nSPS) is 14.4. The van der Waals surface area contributed by atoms with E-state index in [1.165, 1.54) is 0 Å². The summed E-state index contributed by atoms with van der Waals surface area (Å²) in [7, 11) is 1.79. The van der Waals surface area contributed by atoms with Crippen LogP contribution in [0.5, 0.6) is 0 Å². The van der Waals surface area contributed by atoms with Crippen LogP contribution in [0.25, 0.3) is 0 Å². The molecule has 0 saturated carbocycles. The number of esters is 1. The second-order valence-corrected chi connectivity index (χ2v) is 4.12. The van der Waals surface area contributed by atoms with Crippen LogP contribution in [0.2, 0.25) is 0 Å². The molecule has 1 heterocycles. The van der Waals surface area contributed by atoms with E-state index >= 15 is 0 Å². The largest absolute Gasteiger partial charge is 0.466 e. The Hall–Kier alpha value is -1.43. The molecule has 1 rings (SSSR count). The molecule has 0 aliphatic rings. The van der Waals surface area contributed by atoms with Crippen molar-refractivity contribution in [3.63, 3.8) is 0 Å². The lowest BCUT2D eigenvalue weighted by Crippen LogP contribution is -2.41. The molecule has 0 fully saturated rings. The van der Waals surface area contributed by atoms with Gasteiger partial charge in [-0.15, -0.1) is 5.10 Å². The number of rotatable bonds is 6. The average molecular weight is 240 g/mol. The summed E-state index contributed by atoms with van der Waals surface area (Å²) < 4.78 is 6.70. The molecule has 17 heavy (non-hydrogen) atoms. The zero-order valence-corrected chi connectivity index (χ0v) is 10.6. The quantitative estimate of drug-likeness (QED) is 0.722. The highest BCUT2D eigenvalue weighted by Gasteiger charge is 2.37. The molecule has 1 aromatic rings. The second-order valence-electron chi connectivity index (χ2n) is 4.12. The van der Waals surface area contributed by atoms with Crippen molar-refractivity contribution < 1.29 is 9.53 Å². The van der Waals surface area contributed by atoms with Crippen LogP contribution in [-0.4, -0.2) is 34.1 Å². The van der Waals surface area contributed by atoms with Gasteiger partial charge in [0.2, 0.25) is 0 Å². The lowest BCUT2D eigenvalue weighted by Gasteiger charge is -2.27. The summed E-state index contributed by atoms with van der Waals surface area (Å²) >= 11 is 0. The lowest BCUT2D eigenvalue weighted by atomic mass is 9.81. The van der Waals surface area contributed by atoms with Crippen LogP contribution in [0.3, 0.4) is 0 Å². The number of aromatic nitrogens is 3. The maximum Gasteiger partial charge on any atom is 0.313 e. The van der Waals surface area contributed by atoms with Crippen molar-refractivity contribution in [1.29, 1.82) is 0 Å². The Morgan fingerprint density at radius 1 is 1.59 bits per heavy atom. The van der Waals surface area contributed by atoms with E-state index in [2.05, 4.69) is 10.3 Å². The Morgan fingerprint density at radius 3 is 2.71 bits per heavy atom. The van der Waals surface area contributed by atoms with Crippen molar-refractivity contribution in [3.05, 3.63) is 11.9 Å². The lowest BCUT2D eigenvalue weighted by molar-refractivity contribution is -0.155. The minimum absolute atomic E-state index is 0.249. The number of nitrogens with two attached hydrogens (primary N) is 1. The highest BCUT2D eigenvalue weighted by atomic mass is 16.5. The second kappa shape index (κ2) is 5.77. The first-order valence-corrected chi connectivity index (χ1v) is 5.80. The van der Waals surface area contributed by atoms with Crippen LogP contribution in [-0.2, 0) is 23.0 Å². The number of nitrogens with zero attached hydrogens (tertiary/aromatic N) is 3. The molecule has 0 amide bonds. The summed E-state index contributed by atoms with van der Waals surface area (Å²) in [6.07, 6.45) is 2.88. The van der Waals surface area contributed by atoms with E-state index in [1.54, 1.807) is 24.9 Å². The highest BCUT2D eigenvalue weighted by Crippen LogP contribution is 2.27. The third-order valence-electron chi connectivity index (χ3n) is 2.95. The van der Waals surface area contributed by atoms with E-state index in [1.807, 2.05) is 6.92 Å². The molecule has 96 valence electrons. The number of carbonyl (C=O) groups excluding carboxylic acids is 1. The van der Waals surface area contributed by atoms with Gasteiger partial charge in [0.05, 0.1) is 17.7 Å². The summed E-state index contributed by atoms with van der Waals surface area (Å²) in [5, 5.41) is 7.84. The summed E-state index contributed by atoms with van der Waals surface area (Å²) in [6, 6.07) is 0. The molecule has 1 aromatic heterocycles. The number of aryl methyl sites for hydroxylation is 1. The van der Waals surface area contributed by atoms with Gasteiger partial charge in [0.1, 0.15) is 0 Å². The predicted molar refractivity (Wildman–Crippen MR) is 63.1 cm³/mol. The number of hydrogen-bond donors (Lipinski definition) is 1. The molecule has 2 N–H and O–H groups in total. The Bertz CT molecular complexity index is 371. The van der Waals surface area contributed by atoms with Crippen LogP contribution < -0.4 is 5.73 Å². The van der Waals surface area contributed by atoms with E-state index in [0.29, 0.717) is 19.4 Å². The van der Waals surface area contributed by atoms with Crippen LogP contribution >= 0.6 is 0 Å². The van der Waals surface area contributed by atoms with Gasteiger partial charge in [-0.3, -0.25) is 9.48 Å². The van der Waals surface area contributed by atoms with E-state index in [-0.39, 0.29) is 12.5 Å². The van der Waals surface area contributed by atoms with Crippen LogP contribution in [0, 0.1) is 5.41 Å². The van der Waals surface area contributed by atoms with E-state index in [4.69, 9.17) is 10.5 Å². The average Bonchev–Trinajstić information content (AvgIpc) is 2.72. The van der Waals surface area contributed by atoms with Crippen LogP contribution in [0.1, 0.15) is 26.0 Å². The number of carbonyl (C=O) groups is 1. The fourth-order valence-electron chi connectivity index (χ4n) is 1.75. The van der Waals surface area contributed by atoms with Crippen LogP contribution in [0.15, 0.2) is 6.20 Å². The summed E-state index contributed by atoms with van der Waals surface area (Å²) in [4.78, 5) is 12.0. The van der Waals surface area contributed by atoms with Gasteiger partial charge in [0.25, 0.3) is 0 Å². The maximum atomic E-state index is 12.0. The molecule has 0 bridgehead atoms. The van der Waals surface area contributed by atoms with Gasteiger partial charge >= 0.3 is 5.97 Å². The molecular formula is C11H20N4O2. The Kier molecular flexibility index (Phi) is 4.62. The summed E-state index contributed by atoms with van der Waals surface area (Å²) in [5.41, 5.74) is 5.82. The number of hydrogen-bond acceptors (Lipinski definition) is 5. The van der Waals surface area contributed by atoms with Crippen molar-refractivity contribution in [2.45, 2.75) is 26.7 Å². The first-order chi connectivity index (χ1) is 8.07. The summed E-state index contributed by atoms with van der Waals surface area (Å²) in [6.45, 7) is 4.33. The molecule has 1 unspecified atom stereocenters. The SMILES string of the molecule is CCOC(=O)C(CC)(CN)Cc1cn(C)nn1. The Labute approximate surface area is 101 Å². The maximum absolute atomic E-state index is 12.0. The van der Waals surface area contributed by atoms with Gasteiger partial charge < -0.3 is 10.5 Å². The predicted octanol–water partition coefficient (Wildman–Crippen LogP) is 0.276. The molecule has 6 heteroatoms. The first kappa shape index (κ1) is 13.6. The zero-order valence-electron chi connectivity index (χ0n) is 10.6. The molecule has 0 aliphatic heterocycles. The molecule has 0 radical (unpaired) electrons. The standard InChI is InChI=1S/C11H20N4O2/c1-4-11(8-12,10(16)17-5-2)6-9-7-15(3)14-13-9/h7H,4-6,8,12H2,1-3H3. The minimum Gasteiger partial charge on any atom is -0.466 e. The highest BCUT2D eigenvalue weighted by molar-refractivity contribution is 5.77. The van der Waals surface area contributed by atoms with E-state index < -0.39 is 5.41 Å². The van der Waals surface area contributed by atoms with Gasteiger partial charge in [-0.25, -0.2) is 0 Å². The molecule has 1 atom stereocenters. The fourth-order valence-corrected chi connectivity index (χ4v) is 1.75. The van der Waals surface area contributed by atoms with Crippen molar-refractivity contribution in [1.82, 2.24) is 15.0 Å². The van der Waals surface area contributed by atoms with Gasteiger partial charge in [-0.05, 0) is 13.3 Å². The van der Waals surface area contributed by atoms with Crippen LogP contribution in [0.4, 0.5) is 0 Å². The fraction of sp³-hybridized carbons (Fsp3) is 0.727. The third kappa shape index (κ3) is 3.03.